The lowest BCUT2D eigenvalue weighted by Crippen LogP contribution is -2.07. The van der Waals surface area contributed by atoms with E-state index in [1.54, 1.807) is 17.9 Å². The van der Waals surface area contributed by atoms with Crippen molar-refractivity contribution in [3.63, 3.8) is 0 Å². The summed E-state index contributed by atoms with van der Waals surface area (Å²) in [5, 5.41) is 14.4. The molecule has 2 rings (SSSR count). The standard InChI is InChI=1S/C13H15BrN2O2/c1-3-18-10-6-4-9(5-7-10)13(17)12-11(14)8-15-16(12)2/h4-8,13,17H,3H2,1-2H3. The zero-order valence-corrected chi connectivity index (χ0v) is 11.9. The molecule has 0 spiro atoms. The number of aryl methyl sites for hydroxylation is 1. The Morgan fingerprint density at radius 2 is 2.06 bits per heavy atom. The third-order valence-corrected chi connectivity index (χ3v) is 3.31. The summed E-state index contributed by atoms with van der Waals surface area (Å²) in [6, 6.07) is 7.42. The van der Waals surface area contributed by atoms with Gasteiger partial charge in [0.15, 0.2) is 0 Å². The number of aliphatic hydroxyl groups is 1. The third-order valence-electron chi connectivity index (χ3n) is 2.70. The maximum Gasteiger partial charge on any atom is 0.122 e. The fraction of sp³-hybridized carbons (Fsp3) is 0.308. The Kier molecular flexibility index (Phi) is 4.04. The molecule has 2 aromatic rings. The first-order valence-corrected chi connectivity index (χ1v) is 6.51. The fourth-order valence-corrected chi connectivity index (χ4v) is 2.36. The molecular weight excluding hydrogens is 296 g/mol. The van der Waals surface area contributed by atoms with E-state index in [2.05, 4.69) is 21.0 Å². The van der Waals surface area contributed by atoms with Crippen LogP contribution in [0.15, 0.2) is 34.9 Å². The van der Waals surface area contributed by atoms with Crippen molar-refractivity contribution in [2.24, 2.45) is 7.05 Å². The highest BCUT2D eigenvalue weighted by Crippen LogP contribution is 2.28. The minimum absolute atomic E-state index is 0.634. The SMILES string of the molecule is CCOc1ccc(C(O)c2c(Br)cnn2C)cc1. The molecule has 4 nitrogen and oxygen atoms in total. The number of nitrogens with zero attached hydrogens (tertiary/aromatic N) is 2. The number of aliphatic hydroxyl groups excluding tert-OH is 1. The summed E-state index contributed by atoms with van der Waals surface area (Å²) < 4.78 is 7.83. The maximum atomic E-state index is 10.3. The van der Waals surface area contributed by atoms with Crippen LogP contribution in [0.2, 0.25) is 0 Å². The molecule has 1 unspecified atom stereocenters. The van der Waals surface area contributed by atoms with Gasteiger partial charge in [0.1, 0.15) is 11.9 Å². The Morgan fingerprint density at radius 3 is 2.56 bits per heavy atom. The van der Waals surface area contributed by atoms with Crippen molar-refractivity contribution in [1.82, 2.24) is 9.78 Å². The molecule has 0 amide bonds. The largest absolute Gasteiger partial charge is 0.494 e. The molecule has 0 aliphatic rings. The average molecular weight is 311 g/mol. The molecule has 5 heteroatoms. The van der Waals surface area contributed by atoms with Crippen molar-refractivity contribution in [1.29, 1.82) is 0 Å². The van der Waals surface area contributed by atoms with E-state index in [1.165, 1.54) is 0 Å². The van der Waals surface area contributed by atoms with Crippen molar-refractivity contribution in [2.45, 2.75) is 13.0 Å². The molecule has 1 aromatic carbocycles. The average Bonchev–Trinajstić information content (AvgIpc) is 2.70. The first-order chi connectivity index (χ1) is 8.63. The lowest BCUT2D eigenvalue weighted by atomic mass is 10.1. The number of rotatable bonds is 4. The summed E-state index contributed by atoms with van der Waals surface area (Å²) in [4.78, 5) is 0. The molecule has 0 radical (unpaired) electrons. The number of hydrogen-bond acceptors (Lipinski definition) is 3. The van der Waals surface area contributed by atoms with E-state index in [1.807, 2.05) is 31.2 Å². The minimum atomic E-state index is -0.706. The minimum Gasteiger partial charge on any atom is -0.494 e. The number of ether oxygens (including phenoxy) is 1. The first kappa shape index (κ1) is 13.1. The smallest absolute Gasteiger partial charge is 0.122 e. The lowest BCUT2D eigenvalue weighted by Gasteiger charge is -2.13. The van der Waals surface area contributed by atoms with Crippen LogP contribution in [-0.2, 0) is 7.05 Å². The molecule has 0 saturated carbocycles. The summed E-state index contributed by atoms with van der Waals surface area (Å²) in [6.45, 7) is 2.57. The molecule has 1 aromatic heterocycles. The Labute approximate surface area is 114 Å². The summed E-state index contributed by atoms with van der Waals surface area (Å²) in [5.74, 6) is 0.803. The van der Waals surface area contributed by atoms with Crippen LogP contribution < -0.4 is 4.74 Å². The van der Waals surface area contributed by atoms with E-state index in [4.69, 9.17) is 4.74 Å². The van der Waals surface area contributed by atoms with Crippen LogP contribution in [-0.4, -0.2) is 21.5 Å². The Bertz CT molecular complexity index is 503. The molecule has 0 aliphatic carbocycles. The van der Waals surface area contributed by atoms with Gasteiger partial charge in [-0.1, -0.05) is 12.1 Å². The highest BCUT2D eigenvalue weighted by Gasteiger charge is 2.17. The van der Waals surface area contributed by atoms with Crippen LogP contribution >= 0.6 is 15.9 Å². The van der Waals surface area contributed by atoms with Gasteiger partial charge in [-0.15, -0.1) is 0 Å². The third kappa shape index (κ3) is 2.57. The summed E-state index contributed by atoms with van der Waals surface area (Å²) in [7, 11) is 1.80. The van der Waals surface area contributed by atoms with Crippen LogP contribution in [0.1, 0.15) is 24.3 Å². The van der Waals surface area contributed by atoms with E-state index >= 15 is 0 Å². The predicted molar refractivity (Wildman–Crippen MR) is 72.6 cm³/mol. The van der Waals surface area contributed by atoms with Gasteiger partial charge in [-0.05, 0) is 40.5 Å². The number of aromatic nitrogens is 2. The number of halogens is 1. The van der Waals surface area contributed by atoms with Gasteiger partial charge >= 0.3 is 0 Å². The topological polar surface area (TPSA) is 47.3 Å². The molecule has 0 aliphatic heterocycles. The van der Waals surface area contributed by atoms with E-state index in [-0.39, 0.29) is 0 Å². The van der Waals surface area contributed by atoms with E-state index in [0.717, 1.165) is 21.5 Å². The summed E-state index contributed by atoms with van der Waals surface area (Å²) >= 11 is 3.39. The lowest BCUT2D eigenvalue weighted by molar-refractivity contribution is 0.209. The molecule has 0 saturated heterocycles. The predicted octanol–water partition coefficient (Wildman–Crippen LogP) is 2.66. The molecule has 0 fully saturated rings. The monoisotopic (exact) mass is 310 g/mol. The molecule has 0 bridgehead atoms. The Hall–Kier alpha value is -1.33. The summed E-state index contributed by atoms with van der Waals surface area (Å²) in [5.41, 5.74) is 1.54. The fourth-order valence-electron chi connectivity index (χ4n) is 1.80. The maximum absolute atomic E-state index is 10.3. The summed E-state index contributed by atoms with van der Waals surface area (Å²) in [6.07, 6.45) is 0.968. The van der Waals surface area contributed by atoms with Crippen molar-refractivity contribution in [3.05, 3.63) is 46.2 Å². The van der Waals surface area contributed by atoms with E-state index in [0.29, 0.717) is 6.61 Å². The number of hydrogen-bond donors (Lipinski definition) is 1. The Balaban J connectivity index is 2.26. The van der Waals surface area contributed by atoms with E-state index < -0.39 is 6.10 Å². The first-order valence-electron chi connectivity index (χ1n) is 5.71. The second-order valence-electron chi connectivity index (χ2n) is 3.91. The van der Waals surface area contributed by atoms with Gasteiger partial charge in [-0.25, -0.2) is 0 Å². The van der Waals surface area contributed by atoms with Gasteiger partial charge in [-0.2, -0.15) is 5.10 Å². The van der Waals surface area contributed by atoms with Crippen molar-refractivity contribution >= 4 is 15.9 Å². The quantitative estimate of drug-likeness (QED) is 0.944. The van der Waals surface area contributed by atoms with Crippen molar-refractivity contribution in [3.8, 4) is 5.75 Å². The van der Waals surface area contributed by atoms with Gasteiger partial charge in [-0.3, -0.25) is 4.68 Å². The zero-order valence-electron chi connectivity index (χ0n) is 10.3. The van der Waals surface area contributed by atoms with Gasteiger partial charge < -0.3 is 9.84 Å². The van der Waals surface area contributed by atoms with Crippen LogP contribution in [0.4, 0.5) is 0 Å². The molecule has 1 heterocycles. The van der Waals surface area contributed by atoms with Crippen LogP contribution in [0.3, 0.4) is 0 Å². The van der Waals surface area contributed by atoms with Crippen molar-refractivity contribution in [2.75, 3.05) is 6.61 Å². The van der Waals surface area contributed by atoms with Crippen LogP contribution in [0.5, 0.6) is 5.75 Å². The van der Waals surface area contributed by atoms with Gasteiger partial charge in [0.2, 0.25) is 0 Å². The number of benzene rings is 1. The second-order valence-corrected chi connectivity index (χ2v) is 4.76. The van der Waals surface area contributed by atoms with Crippen LogP contribution in [0.25, 0.3) is 0 Å². The highest BCUT2D eigenvalue weighted by molar-refractivity contribution is 9.10. The normalized spacial score (nSPS) is 12.4. The molecule has 18 heavy (non-hydrogen) atoms. The van der Waals surface area contributed by atoms with Crippen LogP contribution in [0, 0.1) is 0 Å². The van der Waals surface area contributed by atoms with Gasteiger partial charge in [0, 0.05) is 7.05 Å². The molecule has 1 N–H and O–H groups in total. The van der Waals surface area contributed by atoms with Gasteiger partial charge in [0.25, 0.3) is 0 Å². The molecule has 1 atom stereocenters. The second kappa shape index (κ2) is 5.54. The molecule has 96 valence electrons. The Morgan fingerprint density at radius 1 is 1.39 bits per heavy atom. The zero-order chi connectivity index (χ0) is 13.1. The highest BCUT2D eigenvalue weighted by atomic mass is 79.9. The van der Waals surface area contributed by atoms with Gasteiger partial charge in [0.05, 0.1) is 23.0 Å². The molecular formula is C13H15BrN2O2. The van der Waals surface area contributed by atoms with Crippen molar-refractivity contribution < 1.29 is 9.84 Å². The van der Waals surface area contributed by atoms with E-state index in [9.17, 15) is 5.11 Å².